The number of benzene rings is 2. The minimum Gasteiger partial charge on any atom is -0.381 e. The van der Waals surface area contributed by atoms with Crippen LogP contribution < -0.4 is 0 Å². The molecule has 0 radical (unpaired) electrons. The fourth-order valence-corrected chi connectivity index (χ4v) is 5.03. The van der Waals surface area contributed by atoms with Crippen molar-refractivity contribution >= 4 is 5.91 Å². The van der Waals surface area contributed by atoms with Crippen LogP contribution in [0.1, 0.15) is 21.6 Å². The first-order chi connectivity index (χ1) is 19.2. The maximum absolute atomic E-state index is 15.0. The zero-order chi connectivity index (χ0) is 28.0. The van der Waals surface area contributed by atoms with E-state index in [9.17, 15) is 23.1 Å². The van der Waals surface area contributed by atoms with E-state index in [-0.39, 0.29) is 24.6 Å². The second kappa shape index (κ2) is 9.72. The maximum atomic E-state index is 15.0. The molecule has 0 fully saturated rings. The smallest absolute Gasteiger partial charge is 0.256 e. The zero-order valence-corrected chi connectivity index (χ0v) is 21.2. The van der Waals surface area contributed by atoms with Gasteiger partial charge in [-0.15, -0.1) is 0 Å². The van der Waals surface area contributed by atoms with Gasteiger partial charge >= 0.3 is 0 Å². The normalized spacial score (nSPS) is 14.4. The third-order valence-corrected chi connectivity index (χ3v) is 6.89. The average Bonchev–Trinajstić information content (AvgIpc) is 3.64. The molecule has 0 spiro atoms. The summed E-state index contributed by atoms with van der Waals surface area (Å²) in [6.07, 6.45) is 5.88. The van der Waals surface area contributed by atoms with Gasteiger partial charge in [0.05, 0.1) is 30.9 Å². The third-order valence-electron chi connectivity index (χ3n) is 6.89. The summed E-state index contributed by atoms with van der Waals surface area (Å²) in [5.74, 6) is -2.35. The molecule has 4 heterocycles. The number of fused-ring (bicyclic) bond motifs is 1. The van der Waals surface area contributed by atoms with Crippen molar-refractivity contribution in [1.29, 1.82) is 0 Å². The van der Waals surface area contributed by atoms with Gasteiger partial charge in [-0.2, -0.15) is 10.2 Å². The summed E-state index contributed by atoms with van der Waals surface area (Å²) in [4.78, 5) is 22.8. The van der Waals surface area contributed by atoms with Crippen LogP contribution >= 0.6 is 0 Å². The lowest BCUT2D eigenvalue weighted by Crippen LogP contribution is -2.37. The minimum atomic E-state index is -1.94. The van der Waals surface area contributed by atoms with Gasteiger partial charge in [-0.3, -0.25) is 14.5 Å². The van der Waals surface area contributed by atoms with Gasteiger partial charge in [0.2, 0.25) is 0 Å². The van der Waals surface area contributed by atoms with E-state index in [0.29, 0.717) is 46.3 Å². The van der Waals surface area contributed by atoms with Gasteiger partial charge in [-0.1, -0.05) is 6.07 Å². The average molecular weight is 546 g/mol. The van der Waals surface area contributed by atoms with Crippen molar-refractivity contribution in [1.82, 2.24) is 34.4 Å². The van der Waals surface area contributed by atoms with Crippen LogP contribution in [0.5, 0.6) is 0 Å². The molecule has 2 aromatic carbocycles. The molecular weight excluding hydrogens is 523 g/mol. The van der Waals surface area contributed by atoms with E-state index >= 15 is 0 Å². The lowest BCUT2D eigenvalue weighted by Gasteiger charge is -2.29. The topological polar surface area (TPSA) is 102 Å². The van der Waals surface area contributed by atoms with Gasteiger partial charge in [0.15, 0.2) is 0 Å². The van der Waals surface area contributed by atoms with Crippen molar-refractivity contribution in [2.24, 2.45) is 0 Å². The van der Waals surface area contributed by atoms with Crippen molar-refractivity contribution < 1.29 is 23.1 Å². The van der Waals surface area contributed by atoms with Crippen molar-refractivity contribution in [3.63, 3.8) is 0 Å². The van der Waals surface area contributed by atoms with Gasteiger partial charge in [-0.05, 0) is 36.4 Å². The number of hydrogen-bond acceptors (Lipinski definition) is 6. The second-order valence-corrected chi connectivity index (χ2v) is 9.69. The summed E-state index contributed by atoms with van der Waals surface area (Å²) in [6, 6.07) is 10.3. The lowest BCUT2D eigenvalue weighted by atomic mass is 9.93. The van der Waals surface area contributed by atoms with Crippen molar-refractivity contribution in [2.45, 2.75) is 25.2 Å². The SMILES string of the molecule is CN1Cc2nccc(-c3cn(C[C@](O)(Cn4cncn4)c4ccc(F)cc4F)nc3-c3ccc(F)cc3)c2C1=O. The monoisotopic (exact) mass is 545 g/mol. The van der Waals surface area contributed by atoms with E-state index < -0.39 is 23.1 Å². The van der Waals surface area contributed by atoms with Crippen LogP contribution in [0.25, 0.3) is 22.4 Å². The molecule has 0 bridgehead atoms. The molecule has 0 saturated heterocycles. The number of pyridine rings is 1. The molecule has 0 saturated carbocycles. The molecule has 12 heteroatoms. The largest absolute Gasteiger partial charge is 0.381 e. The highest BCUT2D eigenvalue weighted by molar-refractivity contribution is 6.05. The van der Waals surface area contributed by atoms with E-state index in [1.807, 2.05) is 0 Å². The van der Waals surface area contributed by atoms with Crippen molar-refractivity contribution in [3.8, 4) is 22.4 Å². The molecule has 0 unspecified atom stereocenters. The molecule has 40 heavy (non-hydrogen) atoms. The number of carbonyl (C=O) groups is 1. The van der Waals surface area contributed by atoms with E-state index in [0.717, 1.165) is 6.07 Å². The van der Waals surface area contributed by atoms with Crippen LogP contribution in [0, 0.1) is 17.5 Å². The van der Waals surface area contributed by atoms with E-state index in [2.05, 4.69) is 15.1 Å². The van der Waals surface area contributed by atoms with Crippen molar-refractivity contribution in [3.05, 3.63) is 108 Å². The highest BCUT2D eigenvalue weighted by atomic mass is 19.1. The predicted molar refractivity (Wildman–Crippen MR) is 137 cm³/mol. The number of nitrogens with zero attached hydrogens (tertiary/aromatic N) is 7. The van der Waals surface area contributed by atoms with Crippen LogP contribution in [-0.2, 0) is 25.2 Å². The van der Waals surface area contributed by atoms with E-state index in [1.54, 1.807) is 42.5 Å². The molecule has 3 aromatic heterocycles. The Morgan fingerprint density at radius 3 is 2.45 bits per heavy atom. The summed E-state index contributed by atoms with van der Waals surface area (Å²) in [6.45, 7) is -0.140. The first-order valence-corrected chi connectivity index (χ1v) is 12.3. The summed E-state index contributed by atoms with van der Waals surface area (Å²) in [5.41, 5.74) is 1.02. The quantitative estimate of drug-likeness (QED) is 0.334. The number of rotatable bonds is 7. The molecule has 202 valence electrons. The molecule has 1 atom stereocenters. The second-order valence-electron chi connectivity index (χ2n) is 9.69. The molecule has 1 aliphatic rings. The Kier molecular flexibility index (Phi) is 6.18. The minimum absolute atomic E-state index is 0.161. The first kappa shape index (κ1) is 25.4. The highest BCUT2D eigenvalue weighted by Gasteiger charge is 2.36. The van der Waals surface area contributed by atoms with E-state index in [1.165, 1.54) is 40.2 Å². The van der Waals surface area contributed by atoms with Crippen LogP contribution in [0.15, 0.2) is 73.6 Å². The van der Waals surface area contributed by atoms with Gasteiger partial charge in [-0.25, -0.2) is 22.8 Å². The van der Waals surface area contributed by atoms with Gasteiger partial charge < -0.3 is 10.0 Å². The summed E-state index contributed by atoms with van der Waals surface area (Å²) < 4.78 is 45.3. The third kappa shape index (κ3) is 4.51. The Morgan fingerprint density at radius 1 is 0.975 bits per heavy atom. The summed E-state index contributed by atoms with van der Waals surface area (Å²) in [7, 11) is 1.68. The van der Waals surface area contributed by atoms with Gasteiger partial charge in [0.1, 0.15) is 41.4 Å². The van der Waals surface area contributed by atoms with Crippen LogP contribution in [0.4, 0.5) is 13.2 Å². The number of halogens is 3. The lowest BCUT2D eigenvalue weighted by molar-refractivity contribution is -0.00840. The van der Waals surface area contributed by atoms with E-state index in [4.69, 9.17) is 5.10 Å². The molecule has 1 aliphatic heterocycles. The molecule has 9 nitrogen and oxygen atoms in total. The van der Waals surface area contributed by atoms with Crippen molar-refractivity contribution in [2.75, 3.05) is 7.05 Å². The molecule has 1 N–H and O–H groups in total. The Morgan fingerprint density at radius 2 is 1.73 bits per heavy atom. The number of hydrogen-bond donors (Lipinski definition) is 1. The summed E-state index contributed by atoms with van der Waals surface area (Å²) in [5, 5.41) is 20.6. The Balaban J connectivity index is 1.50. The molecule has 0 aliphatic carbocycles. The first-order valence-electron chi connectivity index (χ1n) is 12.3. The van der Waals surface area contributed by atoms with Crippen LogP contribution in [-0.4, -0.2) is 52.5 Å². The van der Waals surface area contributed by atoms with Crippen LogP contribution in [0.3, 0.4) is 0 Å². The van der Waals surface area contributed by atoms with Crippen LogP contribution in [0.2, 0.25) is 0 Å². The number of aliphatic hydroxyl groups is 1. The molecule has 5 aromatic rings. The molecule has 6 rings (SSSR count). The standard InChI is InChI=1S/C28H22F3N7O2/c1-36-12-24-25(27(36)39)20(8-9-33-24)21-11-37(35-26(21)17-2-4-18(29)5-3-17)13-28(40,14-38-16-32-15-34-38)22-7-6-19(30)10-23(22)31/h2-11,15-16,40H,12-14H2,1H3/t28-/m0/s1. The Bertz CT molecular complexity index is 1720. The zero-order valence-electron chi connectivity index (χ0n) is 21.2. The number of carbonyl (C=O) groups excluding carboxylic acids is 1. The number of aromatic nitrogens is 6. The molecular formula is C28H22F3N7O2. The number of amides is 1. The fourth-order valence-electron chi connectivity index (χ4n) is 5.03. The van der Waals surface area contributed by atoms with Gasteiger partial charge in [0.25, 0.3) is 5.91 Å². The highest BCUT2D eigenvalue weighted by Crippen LogP contribution is 2.38. The maximum Gasteiger partial charge on any atom is 0.256 e. The fraction of sp³-hybridized carbons (Fsp3) is 0.179. The Hall–Kier alpha value is -4.84. The molecule has 1 amide bonds. The predicted octanol–water partition coefficient (Wildman–Crippen LogP) is 3.79. The summed E-state index contributed by atoms with van der Waals surface area (Å²) >= 11 is 0. The van der Waals surface area contributed by atoms with Gasteiger partial charge in [0, 0.05) is 47.8 Å². The Labute approximate surface area is 226 Å².